The smallest absolute Gasteiger partial charge is 0.306 e. The van der Waals surface area contributed by atoms with Gasteiger partial charge in [0.15, 0.2) is 9.84 Å². The Bertz CT molecular complexity index is 430. The average Bonchev–Trinajstić information content (AvgIpc) is 2.69. The van der Waals surface area contributed by atoms with E-state index in [4.69, 9.17) is 0 Å². The normalized spacial score (nSPS) is 25.6. The van der Waals surface area contributed by atoms with E-state index in [1.807, 2.05) is 0 Å². The van der Waals surface area contributed by atoms with E-state index >= 15 is 0 Å². The lowest BCUT2D eigenvalue weighted by Gasteiger charge is -2.31. The summed E-state index contributed by atoms with van der Waals surface area (Å²) in [5, 5.41) is 2.99. The van der Waals surface area contributed by atoms with E-state index in [1.165, 1.54) is 7.11 Å². The molecule has 0 aromatic carbocycles. The van der Waals surface area contributed by atoms with E-state index in [1.54, 1.807) is 0 Å². The monoisotopic (exact) mass is 305 g/mol. The Balaban J connectivity index is 2.78. The number of hydrogen-bond donors (Lipinski definition) is 1. The highest BCUT2D eigenvalue weighted by Gasteiger charge is 2.47. The Labute approximate surface area is 122 Å². The van der Waals surface area contributed by atoms with Crippen molar-refractivity contribution in [2.24, 2.45) is 5.41 Å². The van der Waals surface area contributed by atoms with E-state index in [0.29, 0.717) is 6.42 Å². The van der Waals surface area contributed by atoms with Crippen molar-refractivity contribution in [3.8, 4) is 0 Å². The highest BCUT2D eigenvalue weighted by atomic mass is 32.2. The number of ether oxygens (including phenoxy) is 1. The standard InChI is InChI=1S/C14H27NO4S/c1-5-9-15-13-11(6-8-14(13,2)3)20(17,18)10-7-12(16)19-4/h11,13,15H,5-10H2,1-4H3. The number of nitrogens with one attached hydrogen (secondary N) is 1. The molecule has 1 aliphatic rings. The molecular weight excluding hydrogens is 278 g/mol. The fourth-order valence-electron chi connectivity index (χ4n) is 2.91. The van der Waals surface area contributed by atoms with Gasteiger partial charge in [0.25, 0.3) is 0 Å². The van der Waals surface area contributed by atoms with Gasteiger partial charge in [0, 0.05) is 6.04 Å². The van der Waals surface area contributed by atoms with E-state index in [9.17, 15) is 13.2 Å². The van der Waals surface area contributed by atoms with Crippen LogP contribution < -0.4 is 5.32 Å². The number of sulfone groups is 1. The Kier molecular flexibility index (Phi) is 6.01. The van der Waals surface area contributed by atoms with E-state index in [0.717, 1.165) is 19.4 Å². The third kappa shape index (κ3) is 4.19. The molecule has 0 saturated heterocycles. The second kappa shape index (κ2) is 6.89. The van der Waals surface area contributed by atoms with Gasteiger partial charge in [-0.1, -0.05) is 20.8 Å². The molecule has 1 fully saturated rings. The zero-order chi connectivity index (χ0) is 15.4. The van der Waals surface area contributed by atoms with Crippen molar-refractivity contribution >= 4 is 15.8 Å². The van der Waals surface area contributed by atoms with Gasteiger partial charge >= 0.3 is 5.97 Å². The Morgan fingerprint density at radius 2 is 2.05 bits per heavy atom. The van der Waals surface area contributed by atoms with Crippen molar-refractivity contribution in [1.82, 2.24) is 5.32 Å². The molecule has 2 atom stereocenters. The maximum atomic E-state index is 12.5. The number of hydrogen-bond acceptors (Lipinski definition) is 5. The first-order valence-corrected chi connectivity index (χ1v) is 8.98. The number of rotatable bonds is 7. The first kappa shape index (κ1) is 17.4. The second-order valence-electron chi connectivity index (χ2n) is 6.19. The maximum absolute atomic E-state index is 12.5. The van der Waals surface area contributed by atoms with Crippen LogP contribution in [-0.2, 0) is 19.4 Å². The number of carbonyl (C=O) groups is 1. The van der Waals surface area contributed by atoms with Gasteiger partial charge in [-0.3, -0.25) is 4.79 Å². The summed E-state index contributed by atoms with van der Waals surface area (Å²) in [4.78, 5) is 11.2. The van der Waals surface area contributed by atoms with Gasteiger partial charge in [0.1, 0.15) is 0 Å². The van der Waals surface area contributed by atoms with Crippen LogP contribution >= 0.6 is 0 Å². The first-order valence-electron chi connectivity index (χ1n) is 7.26. The third-order valence-corrected chi connectivity index (χ3v) is 6.38. The van der Waals surface area contributed by atoms with Crippen LogP contribution in [0.15, 0.2) is 0 Å². The van der Waals surface area contributed by atoms with Crippen LogP contribution in [0.5, 0.6) is 0 Å². The lowest BCUT2D eigenvalue weighted by molar-refractivity contribution is -0.140. The summed E-state index contributed by atoms with van der Waals surface area (Å²) in [5.74, 6) is -0.589. The molecule has 0 radical (unpaired) electrons. The number of esters is 1. The van der Waals surface area contributed by atoms with Crippen molar-refractivity contribution < 1.29 is 17.9 Å². The van der Waals surface area contributed by atoms with Crippen molar-refractivity contribution in [1.29, 1.82) is 0 Å². The van der Waals surface area contributed by atoms with Gasteiger partial charge in [-0.25, -0.2) is 8.42 Å². The minimum atomic E-state index is -3.28. The molecule has 2 unspecified atom stereocenters. The molecule has 0 bridgehead atoms. The third-order valence-electron chi connectivity index (χ3n) is 4.18. The molecule has 1 saturated carbocycles. The lowest BCUT2D eigenvalue weighted by Crippen LogP contribution is -2.48. The van der Waals surface area contributed by atoms with Crippen LogP contribution in [0.2, 0.25) is 0 Å². The van der Waals surface area contributed by atoms with Crippen molar-refractivity contribution in [2.75, 3.05) is 19.4 Å². The summed E-state index contributed by atoms with van der Waals surface area (Å²) in [7, 11) is -2.00. The van der Waals surface area contributed by atoms with E-state index in [-0.39, 0.29) is 23.6 Å². The van der Waals surface area contributed by atoms with Crippen molar-refractivity contribution in [2.45, 2.75) is 57.7 Å². The summed E-state index contributed by atoms with van der Waals surface area (Å²) in [6.07, 6.45) is 2.46. The molecule has 0 aliphatic heterocycles. The van der Waals surface area contributed by atoms with Gasteiger partial charge < -0.3 is 10.1 Å². The Hall–Kier alpha value is -0.620. The van der Waals surface area contributed by atoms with E-state index < -0.39 is 21.1 Å². The topological polar surface area (TPSA) is 72.5 Å². The molecule has 5 nitrogen and oxygen atoms in total. The van der Waals surface area contributed by atoms with Crippen LogP contribution in [-0.4, -0.2) is 45.1 Å². The fourth-order valence-corrected chi connectivity index (χ4v) is 5.02. The van der Waals surface area contributed by atoms with Crippen molar-refractivity contribution in [3.63, 3.8) is 0 Å². The maximum Gasteiger partial charge on any atom is 0.306 e. The van der Waals surface area contributed by atoms with Crippen LogP contribution in [0, 0.1) is 5.41 Å². The average molecular weight is 305 g/mol. The zero-order valence-electron chi connectivity index (χ0n) is 12.9. The molecule has 0 heterocycles. The molecule has 0 aromatic heterocycles. The minimum Gasteiger partial charge on any atom is -0.469 e. The van der Waals surface area contributed by atoms with Gasteiger partial charge in [-0.15, -0.1) is 0 Å². The molecule has 1 aliphatic carbocycles. The van der Waals surface area contributed by atoms with Crippen LogP contribution in [0.25, 0.3) is 0 Å². The molecule has 118 valence electrons. The minimum absolute atomic E-state index is 0.0296. The largest absolute Gasteiger partial charge is 0.469 e. The molecule has 20 heavy (non-hydrogen) atoms. The predicted octanol–water partition coefficient (Wildman–Crippen LogP) is 1.52. The van der Waals surface area contributed by atoms with Gasteiger partial charge in [0.05, 0.1) is 24.5 Å². The summed E-state index contributed by atoms with van der Waals surface area (Å²) in [6.45, 7) is 7.10. The highest BCUT2D eigenvalue weighted by Crippen LogP contribution is 2.41. The number of carbonyl (C=O) groups excluding carboxylic acids is 1. The van der Waals surface area contributed by atoms with Crippen LogP contribution in [0.1, 0.15) is 46.5 Å². The molecular formula is C14H27NO4S. The molecule has 0 spiro atoms. The quantitative estimate of drug-likeness (QED) is 0.722. The van der Waals surface area contributed by atoms with Crippen LogP contribution in [0.3, 0.4) is 0 Å². The van der Waals surface area contributed by atoms with Crippen LogP contribution in [0.4, 0.5) is 0 Å². The summed E-state index contributed by atoms with van der Waals surface area (Å²) >= 11 is 0. The first-order chi connectivity index (χ1) is 9.24. The summed E-state index contributed by atoms with van der Waals surface area (Å²) in [6, 6.07) is -0.0369. The van der Waals surface area contributed by atoms with Crippen molar-refractivity contribution in [3.05, 3.63) is 0 Å². The highest BCUT2D eigenvalue weighted by molar-refractivity contribution is 7.92. The number of methoxy groups -OCH3 is 1. The zero-order valence-corrected chi connectivity index (χ0v) is 13.8. The second-order valence-corrected chi connectivity index (χ2v) is 8.53. The van der Waals surface area contributed by atoms with Gasteiger partial charge in [-0.05, 0) is 31.2 Å². The molecule has 1 N–H and O–H groups in total. The fraction of sp³-hybridized carbons (Fsp3) is 0.929. The molecule has 6 heteroatoms. The lowest BCUT2D eigenvalue weighted by atomic mass is 9.87. The van der Waals surface area contributed by atoms with E-state index in [2.05, 4.69) is 30.8 Å². The Morgan fingerprint density at radius 3 is 2.60 bits per heavy atom. The molecule has 0 aromatic rings. The molecule has 0 amide bonds. The SMILES string of the molecule is CCCNC1C(S(=O)(=O)CCC(=O)OC)CCC1(C)C. The Morgan fingerprint density at radius 1 is 1.40 bits per heavy atom. The van der Waals surface area contributed by atoms with Gasteiger partial charge in [0.2, 0.25) is 0 Å². The predicted molar refractivity (Wildman–Crippen MR) is 79.3 cm³/mol. The summed E-state index contributed by atoms with van der Waals surface area (Å²) in [5.41, 5.74) is -0.0296. The summed E-state index contributed by atoms with van der Waals surface area (Å²) < 4.78 is 29.5. The van der Waals surface area contributed by atoms with Gasteiger partial charge in [-0.2, -0.15) is 0 Å². The molecule has 1 rings (SSSR count).